The Morgan fingerprint density at radius 1 is 1.08 bits per heavy atom. The molecule has 0 unspecified atom stereocenters. The molecule has 1 aliphatic rings. The summed E-state index contributed by atoms with van der Waals surface area (Å²) >= 11 is 1.75. The van der Waals surface area contributed by atoms with E-state index < -0.39 is 0 Å². The minimum atomic E-state index is -0.240. The van der Waals surface area contributed by atoms with Crippen LogP contribution >= 0.6 is 11.8 Å². The Bertz CT molecular complexity index is 735. The average Bonchev–Trinajstić information content (AvgIpc) is 3.09. The van der Waals surface area contributed by atoms with Crippen LogP contribution in [0, 0.1) is 5.82 Å². The van der Waals surface area contributed by atoms with Gasteiger partial charge in [-0.15, -0.1) is 11.8 Å². The van der Waals surface area contributed by atoms with Crippen molar-refractivity contribution < 1.29 is 9.23 Å². The molecule has 0 atom stereocenters. The highest BCUT2D eigenvalue weighted by atomic mass is 32.2. The molecule has 3 rings (SSSR count). The lowest BCUT2D eigenvalue weighted by Crippen LogP contribution is -1.90. The quantitative estimate of drug-likeness (QED) is 0.382. The standard InChI is InChI=1S/C20H20FNOS/c1-24-19-11-7-16(8-12-19)20-4-2-3-17(20)13-22-23-14-15-5-9-18(21)10-6-15/h5-13H,2-4,14H2,1H3/b22-13+. The van der Waals surface area contributed by atoms with Crippen LogP contribution in [0.2, 0.25) is 0 Å². The second kappa shape index (κ2) is 8.15. The van der Waals surface area contributed by atoms with Gasteiger partial charge in [-0.3, -0.25) is 0 Å². The number of hydrogen-bond acceptors (Lipinski definition) is 3. The van der Waals surface area contributed by atoms with Gasteiger partial charge in [0.05, 0.1) is 6.21 Å². The van der Waals surface area contributed by atoms with Crippen molar-refractivity contribution in [1.82, 2.24) is 0 Å². The SMILES string of the molecule is CSc1ccc(C2=C(/C=N/OCc3ccc(F)cc3)CCC2)cc1. The smallest absolute Gasteiger partial charge is 0.142 e. The van der Waals surface area contributed by atoms with E-state index in [2.05, 4.69) is 35.7 Å². The Morgan fingerprint density at radius 3 is 2.54 bits per heavy atom. The molecule has 24 heavy (non-hydrogen) atoms. The number of nitrogens with zero attached hydrogens (tertiary/aromatic N) is 1. The van der Waals surface area contributed by atoms with Crippen LogP contribution in [0.5, 0.6) is 0 Å². The van der Waals surface area contributed by atoms with Gasteiger partial charge in [0.2, 0.25) is 0 Å². The van der Waals surface area contributed by atoms with E-state index in [0.717, 1.165) is 24.8 Å². The maximum Gasteiger partial charge on any atom is 0.142 e. The molecule has 0 radical (unpaired) electrons. The maximum atomic E-state index is 12.9. The highest BCUT2D eigenvalue weighted by Crippen LogP contribution is 2.33. The molecular weight excluding hydrogens is 321 g/mol. The third-order valence-corrected chi connectivity index (χ3v) is 4.87. The molecule has 1 aliphatic carbocycles. The fourth-order valence-electron chi connectivity index (χ4n) is 2.82. The predicted octanol–water partition coefficient (Wildman–Crippen LogP) is 5.69. The molecule has 4 heteroatoms. The van der Waals surface area contributed by atoms with Crippen molar-refractivity contribution in [3.05, 3.63) is 71.0 Å². The van der Waals surface area contributed by atoms with Crippen molar-refractivity contribution in [2.75, 3.05) is 6.26 Å². The van der Waals surface area contributed by atoms with E-state index in [-0.39, 0.29) is 5.82 Å². The molecule has 0 bridgehead atoms. The monoisotopic (exact) mass is 341 g/mol. The first-order valence-corrected chi connectivity index (χ1v) is 9.25. The Hall–Kier alpha value is -2.07. The van der Waals surface area contributed by atoms with Gasteiger partial charge in [0, 0.05) is 4.90 Å². The van der Waals surface area contributed by atoms with E-state index in [1.165, 1.54) is 33.7 Å². The highest BCUT2D eigenvalue weighted by molar-refractivity contribution is 7.98. The molecule has 0 spiro atoms. The van der Waals surface area contributed by atoms with Crippen molar-refractivity contribution in [2.24, 2.45) is 5.16 Å². The van der Waals surface area contributed by atoms with Gasteiger partial charge in [0.15, 0.2) is 0 Å². The summed E-state index contributed by atoms with van der Waals surface area (Å²) in [6.45, 7) is 0.349. The van der Waals surface area contributed by atoms with Crippen molar-refractivity contribution in [2.45, 2.75) is 30.8 Å². The Morgan fingerprint density at radius 2 is 1.83 bits per heavy atom. The van der Waals surface area contributed by atoms with Crippen molar-refractivity contribution in [3.63, 3.8) is 0 Å². The molecule has 2 aromatic carbocycles. The number of oxime groups is 1. The molecule has 0 aromatic heterocycles. The molecule has 2 nitrogen and oxygen atoms in total. The summed E-state index contributed by atoms with van der Waals surface area (Å²) in [5.74, 6) is -0.240. The number of thioether (sulfide) groups is 1. The Kier molecular flexibility index (Phi) is 5.70. The first-order chi connectivity index (χ1) is 11.8. The van der Waals surface area contributed by atoms with Gasteiger partial charge >= 0.3 is 0 Å². The summed E-state index contributed by atoms with van der Waals surface area (Å²) < 4.78 is 12.9. The molecule has 0 heterocycles. The summed E-state index contributed by atoms with van der Waals surface area (Å²) in [7, 11) is 0. The molecule has 0 saturated carbocycles. The van der Waals surface area contributed by atoms with Gasteiger partial charge in [-0.2, -0.15) is 0 Å². The van der Waals surface area contributed by atoms with Crippen molar-refractivity contribution in [3.8, 4) is 0 Å². The van der Waals surface area contributed by atoms with Crippen LogP contribution in [-0.4, -0.2) is 12.5 Å². The largest absolute Gasteiger partial charge is 0.391 e. The minimum absolute atomic E-state index is 0.240. The molecule has 124 valence electrons. The molecule has 0 fully saturated rings. The lowest BCUT2D eigenvalue weighted by molar-refractivity contribution is 0.132. The van der Waals surface area contributed by atoms with E-state index >= 15 is 0 Å². The zero-order chi connectivity index (χ0) is 16.8. The second-order valence-corrected chi connectivity index (χ2v) is 6.60. The summed E-state index contributed by atoms with van der Waals surface area (Å²) in [4.78, 5) is 6.63. The molecule has 2 aromatic rings. The molecule has 0 aliphatic heterocycles. The van der Waals surface area contributed by atoms with Crippen LogP contribution in [0.4, 0.5) is 4.39 Å². The van der Waals surface area contributed by atoms with Crippen LogP contribution in [0.1, 0.15) is 30.4 Å². The van der Waals surface area contributed by atoms with Gasteiger partial charge in [-0.25, -0.2) is 4.39 Å². The Balaban J connectivity index is 1.64. The number of halogens is 1. The van der Waals surface area contributed by atoms with E-state index in [1.807, 2.05) is 6.21 Å². The number of benzene rings is 2. The predicted molar refractivity (Wildman–Crippen MR) is 98.7 cm³/mol. The average molecular weight is 341 g/mol. The fraction of sp³-hybridized carbons (Fsp3) is 0.250. The van der Waals surface area contributed by atoms with Gasteiger partial charge in [-0.1, -0.05) is 29.4 Å². The highest BCUT2D eigenvalue weighted by Gasteiger charge is 2.14. The lowest BCUT2D eigenvalue weighted by Gasteiger charge is -2.05. The lowest BCUT2D eigenvalue weighted by atomic mass is 10.0. The number of allylic oxidation sites excluding steroid dienone is 2. The van der Waals surface area contributed by atoms with E-state index in [9.17, 15) is 4.39 Å². The fourth-order valence-corrected chi connectivity index (χ4v) is 3.23. The molecule has 0 amide bonds. The van der Waals surface area contributed by atoms with E-state index in [4.69, 9.17) is 4.84 Å². The first kappa shape index (κ1) is 16.8. The summed E-state index contributed by atoms with van der Waals surface area (Å²) in [5, 5.41) is 4.10. The second-order valence-electron chi connectivity index (χ2n) is 5.72. The van der Waals surface area contributed by atoms with Crippen LogP contribution < -0.4 is 0 Å². The third kappa shape index (κ3) is 4.26. The van der Waals surface area contributed by atoms with Gasteiger partial charge in [0.1, 0.15) is 12.4 Å². The molecular formula is C20H20FNOS. The third-order valence-electron chi connectivity index (χ3n) is 4.13. The first-order valence-electron chi connectivity index (χ1n) is 8.02. The summed E-state index contributed by atoms with van der Waals surface area (Å²) in [6.07, 6.45) is 7.18. The molecule has 0 N–H and O–H groups in total. The van der Waals surface area contributed by atoms with Crippen molar-refractivity contribution in [1.29, 1.82) is 0 Å². The van der Waals surface area contributed by atoms with Crippen molar-refractivity contribution >= 4 is 23.5 Å². The zero-order valence-electron chi connectivity index (χ0n) is 13.7. The van der Waals surface area contributed by atoms with Crippen LogP contribution in [0.3, 0.4) is 0 Å². The summed E-state index contributed by atoms with van der Waals surface area (Å²) in [6, 6.07) is 14.9. The number of rotatable bonds is 6. The van der Waals surface area contributed by atoms with E-state index in [0.29, 0.717) is 6.61 Å². The maximum absolute atomic E-state index is 12.9. The van der Waals surface area contributed by atoms with Crippen LogP contribution in [0.15, 0.2) is 64.2 Å². The van der Waals surface area contributed by atoms with Crippen LogP contribution in [-0.2, 0) is 11.4 Å². The van der Waals surface area contributed by atoms with Gasteiger partial charge in [-0.05, 0) is 72.1 Å². The van der Waals surface area contributed by atoms with Gasteiger partial charge < -0.3 is 4.84 Å². The Labute approximate surface area is 146 Å². The summed E-state index contributed by atoms with van der Waals surface area (Å²) in [5.41, 5.74) is 4.77. The molecule has 0 saturated heterocycles. The van der Waals surface area contributed by atoms with Crippen LogP contribution in [0.25, 0.3) is 5.57 Å². The zero-order valence-corrected chi connectivity index (χ0v) is 14.5. The topological polar surface area (TPSA) is 21.6 Å². The normalized spacial score (nSPS) is 14.6. The number of hydrogen-bond donors (Lipinski definition) is 0. The van der Waals surface area contributed by atoms with E-state index in [1.54, 1.807) is 23.9 Å². The minimum Gasteiger partial charge on any atom is -0.391 e. The van der Waals surface area contributed by atoms with Gasteiger partial charge in [0.25, 0.3) is 0 Å².